The molecule has 1 saturated heterocycles. The molecular weight excluding hydrogens is 340 g/mol. The van der Waals surface area contributed by atoms with Crippen molar-refractivity contribution in [2.24, 2.45) is 0 Å². The number of nitrogens with one attached hydrogen (secondary N) is 1. The molecule has 2 rings (SSSR count). The van der Waals surface area contributed by atoms with Crippen LogP contribution >= 0.6 is 15.9 Å². The molecule has 6 nitrogen and oxygen atoms in total. The fourth-order valence-electron chi connectivity index (χ4n) is 2.15. The fourth-order valence-corrected chi connectivity index (χ4v) is 2.53. The highest BCUT2D eigenvalue weighted by atomic mass is 79.9. The Morgan fingerprint density at radius 3 is 2.81 bits per heavy atom. The first kappa shape index (κ1) is 15.8. The van der Waals surface area contributed by atoms with E-state index in [4.69, 9.17) is 9.47 Å². The first-order chi connectivity index (χ1) is 9.96. The molecule has 1 aromatic rings. The second kappa shape index (κ2) is 6.44. The summed E-state index contributed by atoms with van der Waals surface area (Å²) < 4.78 is 11.4. The van der Waals surface area contributed by atoms with Gasteiger partial charge in [0.15, 0.2) is 0 Å². The van der Waals surface area contributed by atoms with Crippen LogP contribution in [0.2, 0.25) is 0 Å². The number of urea groups is 1. The third-order valence-electron chi connectivity index (χ3n) is 3.16. The van der Waals surface area contributed by atoms with Crippen molar-refractivity contribution in [1.82, 2.24) is 10.2 Å². The lowest BCUT2D eigenvalue weighted by molar-refractivity contribution is -0.132. The highest BCUT2D eigenvalue weighted by molar-refractivity contribution is 9.10. The number of nitrogens with zero attached hydrogens (tertiary/aromatic N) is 1. The number of carbonyl (C=O) groups excluding carboxylic acids is 2. The summed E-state index contributed by atoms with van der Waals surface area (Å²) in [6.45, 7) is 2.21. The van der Waals surface area contributed by atoms with E-state index in [0.29, 0.717) is 5.75 Å². The number of methoxy groups -OCH3 is 1. The number of amides is 3. The highest BCUT2D eigenvalue weighted by Crippen LogP contribution is 2.19. The molecule has 7 heteroatoms. The molecule has 0 saturated carbocycles. The number of halogens is 1. The Bertz CT molecular complexity index is 552. The van der Waals surface area contributed by atoms with Gasteiger partial charge in [0.2, 0.25) is 0 Å². The average Bonchev–Trinajstić information content (AvgIpc) is 2.62. The number of hydrogen-bond acceptors (Lipinski definition) is 4. The zero-order chi connectivity index (χ0) is 15.5. The van der Waals surface area contributed by atoms with Crippen LogP contribution in [0.15, 0.2) is 28.7 Å². The number of carbonyl (C=O) groups is 2. The molecule has 1 unspecified atom stereocenters. The van der Waals surface area contributed by atoms with Gasteiger partial charge in [0.25, 0.3) is 5.91 Å². The molecule has 0 radical (unpaired) electrons. The number of benzene rings is 1. The molecule has 1 aliphatic heterocycles. The SMILES string of the molecule is COCC1(C)NC(=O)N(CCOc2cccc(Br)c2)C1=O. The Morgan fingerprint density at radius 2 is 2.14 bits per heavy atom. The van der Waals surface area contributed by atoms with Gasteiger partial charge >= 0.3 is 6.03 Å². The topological polar surface area (TPSA) is 67.9 Å². The monoisotopic (exact) mass is 356 g/mol. The van der Waals surface area contributed by atoms with Crippen LogP contribution in [-0.4, -0.2) is 49.2 Å². The van der Waals surface area contributed by atoms with Gasteiger partial charge in [0.1, 0.15) is 17.9 Å². The van der Waals surface area contributed by atoms with Gasteiger partial charge in [-0.1, -0.05) is 22.0 Å². The van der Waals surface area contributed by atoms with Crippen molar-refractivity contribution in [3.63, 3.8) is 0 Å². The van der Waals surface area contributed by atoms with E-state index in [1.165, 1.54) is 7.11 Å². The normalized spacial score (nSPS) is 21.6. The summed E-state index contributed by atoms with van der Waals surface area (Å²) in [5.74, 6) is 0.378. The fraction of sp³-hybridized carbons (Fsp3) is 0.429. The van der Waals surface area contributed by atoms with E-state index in [9.17, 15) is 9.59 Å². The number of hydrogen-bond donors (Lipinski definition) is 1. The zero-order valence-corrected chi connectivity index (χ0v) is 13.5. The molecule has 0 spiro atoms. The molecule has 114 valence electrons. The molecule has 0 bridgehead atoms. The molecule has 3 amide bonds. The second-order valence-corrected chi connectivity index (χ2v) is 5.87. The predicted octanol–water partition coefficient (Wildman–Crippen LogP) is 1.78. The van der Waals surface area contributed by atoms with Gasteiger partial charge in [-0.05, 0) is 25.1 Å². The average molecular weight is 357 g/mol. The first-order valence-electron chi connectivity index (χ1n) is 6.48. The first-order valence-corrected chi connectivity index (χ1v) is 7.27. The minimum absolute atomic E-state index is 0.139. The molecule has 0 aromatic heterocycles. The smallest absolute Gasteiger partial charge is 0.325 e. The Hall–Kier alpha value is -1.60. The molecule has 1 fully saturated rings. The second-order valence-electron chi connectivity index (χ2n) is 4.96. The van der Waals surface area contributed by atoms with Crippen LogP contribution in [0.3, 0.4) is 0 Å². The van der Waals surface area contributed by atoms with Gasteiger partial charge in [-0.2, -0.15) is 0 Å². The van der Waals surface area contributed by atoms with Crippen molar-refractivity contribution in [3.05, 3.63) is 28.7 Å². The lowest BCUT2D eigenvalue weighted by Crippen LogP contribution is -2.48. The summed E-state index contributed by atoms with van der Waals surface area (Å²) in [5, 5.41) is 2.64. The van der Waals surface area contributed by atoms with E-state index in [-0.39, 0.29) is 25.7 Å². The quantitative estimate of drug-likeness (QED) is 0.789. The van der Waals surface area contributed by atoms with Gasteiger partial charge in [0, 0.05) is 11.6 Å². The molecule has 1 heterocycles. The molecule has 1 atom stereocenters. The Kier molecular flexibility index (Phi) is 4.84. The van der Waals surface area contributed by atoms with Gasteiger partial charge in [0.05, 0.1) is 13.2 Å². The number of ether oxygens (including phenoxy) is 2. The molecule has 0 aliphatic carbocycles. The van der Waals surface area contributed by atoms with Crippen LogP contribution in [0.1, 0.15) is 6.92 Å². The summed E-state index contributed by atoms with van der Waals surface area (Å²) in [6, 6.07) is 6.95. The minimum atomic E-state index is -0.998. The van der Waals surface area contributed by atoms with Crippen molar-refractivity contribution in [3.8, 4) is 5.75 Å². The maximum absolute atomic E-state index is 12.2. The minimum Gasteiger partial charge on any atom is -0.492 e. The maximum Gasteiger partial charge on any atom is 0.325 e. The van der Waals surface area contributed by atoms with Gasteiger partial charge in [-0.25, -0.2) is 4.79 Å². The van der Waals surface area contributed by atoms with Gasteiger partial charge < -0.3 is 14.8 Å². The number of rotatable bonds is 6. The Labute approximate surface area is 131 Å². The van der Waals surface area contributed by atoms with Crippen molar-refractivity contribution in [2.75, 3.05) is 26.9 Å². The zero-order valence-electron chi connectivity index (χ0n) is 11.9. The van der Waals surface area contributed by atoms with Crippen LogP contribution < -0.4 is 10.1 Å². The van der Waals surface area contributed by atoms with E-state index in [1.54, 1.807) is 6.92 Å². The molecule has 1 N–H and O–H groups in total. The summed E-state index contributed by atoms with van der Waals surface area (Å²) >= 11 is 3.35. The van der Waals surface area contributed by atoms with Crippen molar-refractivity contribution < 1.29 is 19.1 Å². The third-order valence-corrected chi connectivity index (χ3v) is 3.65. The van der Waals surface area contributed by atoms with E-state index < -0.39 is 11.6 Å². The van der Waals surface area contributed by atoms with Crippen LogP contribution in [0.4, 0.5) is 4.79 Å². The maximum atomic E-state index is 12.2. The lowest BCUT2D eigenvalue weighted by Gasteiger charge is -2.20. The molecule has 21 heavy (non-hydrogen) atoms. The van der Waals surface area contributed by atoms with Gasteiger partial charge in [-0.15, -0.1) is 0 Å². The molecular formula is C14H17BrN2O4. The highest BCUT2D eigenvalue weighted by Gasteiger charge is 2.47. The summed E-state index contributed by atoms with van der Waals surface area (Å²) in [7, 11) is 1.49. The van der Waals surface area contributed by atoms with E-state index in [2.05, 4.69) is 21.2 Å². The third kappa shape index (κ3) is 3.54. The van der Waals surface area contributed by atoms with Crippen molar-refractivity contribution in [1.29, 1.82) is 0 Å². The predicted molar refractivity (Wildman–Crippen MR) is 80.2 cm³/mol. The van der Waals surface area contributed by atoms with Gasteiger partial charge in [-0.3, -0.25) is 9.69 Å². The van der Waals surface area contributed by atoms with Crippen LogP contribution in [0, 0.1) is 0 Å². The van der Waals surface area contributed by atoms with E-state index in [1.807, 2.05) is 24.3 Å². The Balaban J connectivity index is 1.91. The number of imide groups is 1. The lowest BCUT2D eigenvalue weighted by atomic mass is 10.0. The molecule has 1 aromatic carbocycles. The van der Waals surface area contributed by atoms with Crippen LogP contribution in [0.5, 0.6) is 5.75 Å². The summed E-state index contributed by atoms with van der Waals surface area (Å²) in [4.78, 5) is 25.2. The van der Waals surface area contributed by atoms with Crippen molar-refractivity contribution >= 4 is 27.9 Å². The van der Waals surface area contributed by atoms with E-state index >= 15 is 0 Å². The van der Waals surface area contributed by atoms with Crippen LogP contribution in [0.25, 0.3) is 0 Å². The Morgan fingerprint density at radius 1 is 1.38 bits per heavy atom. The summed E-state index contributed by atoms with van der Waals surface area (Å²) in [5.41, 5.74) is -0.998. The summed E-state index contributed by atoms with van der Waals surface area (Å²) in [6.07, 6.45) is 0. The van der Waals surface area contributed by atoms with E-state index in [0.717, 1.165) is 9.37 Å². The standard InChI is InChI=1S/C14H17BrN2O4/c1-14(9-20-2)12(18)17(13(19)16-14)6-7-21-11-5-3-4-10(15)8-11/h3-5,8H,6-7,9H2,1-2H3,(H,16,19). The molecule has 1 aliphatic rings. The largest absolute Gasteiger partial charge is 0.492 e. The van der Waals surface area contributed by atoms with Crippen LogP contribution in [-0.2, 0) is 9.53 Å². The van der Waals surface area contributed by atoms with Crippen molar-refractivity contribution in [2.45, 2.75) is 12.5 Å².